The van der Waals surface area contributed by atoms with Crippen molar-refractivity contribution < 1.29 is 25.2 Å². The van der Waals surface area contributed by atoms with Gasteiger partial charge >= 0.3 is 0 Å². The van der Waals surface area contributed by atoms with E-state index in [1.54, 1.807) is 0 Å². The third-order valence-corrected chi connectivity index (χ3v) is 12.6. The van der Waals surface area contributed by atoms with Crippen LogP contribution in [0.15, 0.2) is 24.3 Å². The molecule has 60 heavy (non-hydrogen) atoms. The molecule has 0 spiro atoms. The summed E-state index contributed by atoms with van der Waals surface area (Å²) in [6.45, 7) is 4.07. The van der Waals surface area contributed by atoms with Crippen molar-refractivity contribution in [2.45, 2.75) is 308 Å². The molecule has 1 amide bonds. The zero-order chi connectivity index (χ0) is 43.8. The van der Waals surface area contributed by atoms with Crippen LogP contribution >= 0.6 is 0 Å². The molecule has 0 aliphatic carbocycles. The number of rotatable bonds is 49. The molecule has 0 aromatic carbocycles. The van der Waals surface area contributed by atoms with E-state index in [9.17, 15) is 25.2 Å². The lowest BCUT2D eigenvalue weighted by Gasteiger charge is -2.27. The van der Waals surface area contributed by atoms with E-state index >= 15 is 0 Å². The minimum absolute atomic E-state index is 0.364. The number of amides is 1. The molecule has 356 valence electrons. The van der Waals surface area contributed by atoms with Crippen LogP contribution in [-0.4, -0.2) is 57.3 Å². The Balaban J connectivity index is 3.69. The van der Waals surface area contributed by atoms with Gasteiger partial charge in [-0.2, -0.15) is 0 Å². The Hall–Kier alpha value is -1.21. The highest BCUT2D eigenvalue weighted by molar-refractivity contribution is 5.80. The SMILES string of the molecule is CCCCCCCCCCCCCCC/C=C/CC/C=C/CCCC(O)C(O)C(CO)NC(=O)C(O)CCCCCCCCCCCCCCCCCCCCCCCC. The van der Waals surface area contributed by atoms with Gasteiger partial charge in [-0.1, -0.05) is 256 Å². The van der Waals surface area contributed by atoms with Gasteiger partial charge in [0.15, 0.2) is 0 Å². The average molecular weight is 848 g/mol. The van der Waals surface area contributed by atoms with Crippen molar-refractivity contribution in [1.82, 2.24) is 5.32 Å². The zero-order valence-electron chi connectivity index (χ0n) is 40.2. The van der Waals surface area contributed by atoms with E-state index in [1.165, 1.54) is 212 Å². The van der Waals surface area contributed by atoms with E-state index < -0.39 is 36.9 Å². The molecule has 6 heteroatoms. The van der Waals surface area contributed by atoms with Gasteiger partial charge in [0.05, 0.1) is 18.8 Å². The van der Waals surface area contributed by atoms with Crippen LogP contribution in [0.2, 0.25) is 0 Å². The predicted octanol–water partition coefficient (Wildman–Crippen LogP) is 15.1. The van der Waals surface area contributed by atoms with Crippen LogP contribution in [0.1, 0.15) is 284 Å². The van der Waals surface area contributed by atoms with Gasteiger partial charge in [-0.25, -0.2) is 0 Å². The first-order chi connectivity index (χ1) is 29.5. The monoisotopic (exact) mass is 848 g/mol. The summed E-state index contributed by atoms with van der Waals surface area (Å²) >= 11 is 0. The quantitative estimate of drug-likeness (QED) is 0.0309. The average Bonchev–Trinajstić information content (AvgIpc) is 3.25. The van der Waals surface area contributed by atoms with E-state index in [-0.39, 0.29) is 0 Å². The fraction of sp³-hybridized carbons (Fsp3) is 0.907. The maximum atomic E-state index is 12.6. The molecule has 0 aromatic heterocycles. The molecule has 5 N–H and O–H groups in total. The van der Waals surface area contributed by atoms with Gasteiger partial charge in [-0.15, -0.1) is 0 Å². The lowest BCUT2D eigenvalue weighted by Crippen LogP contribution is -2.53. The van der Waals surface area contributed by atoms with Crippen LogP contribution < -0.4 is 5.32 Å². The molecular formula is C54H105NO5. The summed E-state index contributed by atoms with van der Waals surface area (Å²) in [4.78, 5) is 12.6. The van der Waals surface area contributed by atoms with Crippen molar-refractivity contribution in [1.29, 1.82) is 0 Å². The number of carbonyl (C=O) groups excluding carboxylic acids is 1. The summed E-state index contributed by atoms with van der Waals surface area (Å²) in [5.41, 5.74) is 0. The van der Waals surface area contributed by atoms with Crippen molar-refractivity contribution in [3.8, 4) is 0 Å². The predicted molar refractivity (Wildman–Crippen MR) is 261 cm³/mol. The van der Waals surface area contributed by atoms with Crippen LogP contribution in [0.5, 0.6) is 0 Å². The number of aliphatic hydroxyl groups is 4. The summed E-state index contributed by atoms with van der Waals surface area (Å²) in [6.07, 6.45) is 58.1. The highest BCUT2D eigenvalue weighted by Crippen LogP contribution is 2.17. The second-order valence-corrected chi connectivity index (χ2v) is 18.6. The second kappa shape index (κ2) is 48.8. The van der Waals surface area contributed by atoms with Crippen molar-refractivity contribution in [3.63, 3.8) is 0 Å². The van der Waals surface area contributed by atoms with Gasteiger partial charge in [0.1, 0.15) is 12.2 Å². The molecule has 0 aromatic rings. The third-order valence-electron chi connectivity index (χ3n) is 12.6. The standard InChI is InChI=1S/C54H105NO5/c1-3-5-7-9-11-13-15-17-19-21-23-25-27-29-31-33-35-37-39-41-43-45-47-51(57)53(59)50(49-56)55-54(60)52(58)48-46-44-42-40-38-36-34-32-30-28-26-24-22-20-18-16-14-12-10-8-6-4-2/h31,33,39,41,50-53,56-59H,3-30,32,34-38,40,42-49H2,1-2H3,(H,55,60)/b33-31+,41-39+. The smallest absolute Gasteiger partial charge is 0.249 e. The van der Waals surface area contributed by atoms with Crippen LogP contribution in [0.4, 0.5) is 0 Å². The molecule has 0 fully saturated rings. The molecule has 0 bridgehead atoms. The lowest BCUT2D eigenvalue weighted by atomic mass is 10.00. The molecule has 0 aliphatic heterocycles. The molecule has 0 saturated carbocycles. The second-order valence-electron chi connectivity index (χ2n) is 18.6. The Morgan fingerprint density at radius 2 is 0.700 bits per heavy atom. The van der Waals surface area contributed by atoms with Gasteiger partial charge in [-0.05, 0) is 51.4 Å². The van der Waals surface area contributed by atoms with Crippen LogP contribution in [0, 0.1) is 0 Å². The van der Waals surface area contributed by atoms with Crippen LogP contribution in [0.3, 0.4) is 0 Å². The Morgan fingerprint density at radius 1 is 0.400 bits per heavy atom. The fourth-order valence-corrected chi connectivity index (χ4v) is 8.42. The first-order valence-electron chi connectivity index (χ1n) is 26.7. The topological polar surface area (TPSA) is 110 Å². The summed E-state index contributed by atoms with van der Waals surface area (Å²) in [7, 11) is 0. The Bertz CT molecular complexity index is 909. The maximum Gasteiger partial charge on any atom is 0.249 e. The molecular weight excluding hydrogens is 743 g/mol. The van der Waals surface area contributed by atoms with Gasteiger partial charge in [0, 0.05) is 0 Å². The number of hydrogen-bond acceptors (Lipinski definition) is 5. The van der Waals surface area contributed by atoms with Gasteiger partial charge in [0.2, 0.25) is 5.91 Å². The van der Waals surface area contributed by atoms with Gasteiger partial charge < -0.3 is 25.7 Å². The number of aliphatic hydroxyl groups excluding tert-OH is 4. The van der Waals surface area contributed by atoms with E-state index in [0.717, 1.165) is 38.5 Å². The van der Waals surface area contributed by atoms with Crippen molar-refractivity contribution in [2.75, 3.05) is 6.61 Å². The lowest BCUT2D eigenvalue weighted by molar-refractivity contribution is -0.132. The van der Waals surface area contributed by atoms with Crippen molar-refractivity contribution >= 4 is 5.91 Å². The fourth-order valence-electron chi connectivity index (χ4n) is 8.42. The summed E-state index contributed by atoms with van der Waals surface area (Å²) < 4.78 is 0. The molecule has 0 aliphatic rings. The highest BCUT2D eigenvalue weighted by Gasteiger charge is 2.28. The Morgan fingerprint density at radius 3 is 1.05 bits per heavy atom. The zero-order valence-corrected chi connectivity index (χ0v) is 40.2. The van der Waals surface area contributed by atoms with Gasteiger partial charge in [-0.3, -0.25) is 4.79 Å². The summed E-state index contributed by atoms with van der Waals surface area (Å²) in [5, 5.41) is 43.9. The highest BCUT2D eigenvalue weighted by atomic mass is 16.3. The maximum absolute atomic E-state index is 12.6. The van der Waals surface area contributed by atoms with Gasteiger partial charge in [0.25, 0.3) is 0 Å². The molecule has 0 heterocycles. The number of hydrogen-bond donors (Lipinski definition) is 5. The minimum atomic E-state index is -1.29. The van der Waals surface area contributed by atoms with Crippen LogP contribution in [0.25, 0.3) is 0 Å². The number of unbranched alkanes of at least 4 members (excludes halogenated alkanes) is 36. The van der Waals surface area contributed by atoms with E-state index in [0.29, 0.717) is 19.3 Å². The number of carbonyl (C=O) groups is 1. The molecule has 0 saturated heterocycles. The Kier molecular flexibility index (Phi) is 47.8. The Labute approximate surface area is 374 Å². The molecule has 0 rings (SSSR count). The normalized spacial score (nSPS) is 14.0. The molecule has 0 radical (unpaired) electrons. The van der Waals surface area contributed by atoms with E-state index in [2.05, 4.69) is 43.5 Å². The minimum Gasteiger partial charge on any atom is -0.394 e. The molecule has 4 unspecified atom stereocenters. The summed E-state index contributed by atoms with van der Waals surface area (Å²) in [5.74, 6) is -0.592. The molecule has 4 atom stereocenters. The third kappa shape index (κ3) is 42.1. The first-order valence-corrected chi connectivity index (χ1v) is 26.7. The van der Waals surface area contributed by atoms with E-state index in [1.807, 2.05) is 0 Å². The molecule has 6 nitrogen and oxygen atoms in total. The van der Waals surface area contributed by atoms with Crippen LogP contribution in [-0.2, 0) is 4.79 Å². The number of allylic oxidation sites excluding steroid dienone is 4. The van der Waals surface area contributed by atoms with E-state index in [4.69, 9.17) is 0 Å². The summed E-state index contributed by atoms with van der Waals surface area (Å²) in [6, 6.07) is -1.01. The largest absolute Gasteiger partial charge is 0.394 e. The van der Waals surface area contributed by atoms with Crippen molar-refractivity contribution in [2.24, 2.45) is 0 Å². The first kappa shape index (κ1) is 58.8. The van der Waals surface area contributed by atoms with Crippen molar-refractivity contribution in [3.05, 3.63) is 24.3 Å². The number of nitrogens with one attached hydrogen (secondary N) is 1.